The molecule has 5 nitrogen and oxygen atoms in total. The van der Waals surface area contributed by atoms with E-state index in [1.54, 1.807) is 12.5 Å². The third-order valence-corrected chi connectivity index (χ3v) is 4.00. The molecule has 0 radical (unpaired) electrons. The third kappa shape index (κ3) is 3.07. The molecule has 0 saturated carbocycles. The average Bonchev–Trinajstić information content (AvgIpc) is 3.02. The summed E-state index contributed by atoms with van der Waals surface area (Å²) in [7, 11) is 0. The van der Waals surface area contributed by atoms with Crippen LogP contribution in [-0.4, -0.2) is 33.2 Å². The van der Waals surface area contributed by atoms with E-state index in [-0.39, 0.29) is 12.5 Å². The molecule has 0 aliphatic carbocycles. The summed E-state index contributed by atoms with van der Waals surface area (Å²) >= 11 is 0. The van der Waals surface area contributed by atoms with Gasteiger partial charge in [0.05, 0.1) is 12.7 Å². The summed E-state index contributed by atoms with van der Waals surface area (Å²) in [6.45, 7) is 0.922. The minimum absolute atomic E-state index is 0.0919. The second kappa shape index (κ2) is 5.99. The van der Waals surface area contributed by atoms with Crippen LogP contribution in [0.1, 0.15) is 25.7 Å². The fraction of sp³-hybridized carbons (Fsp3) is 0.375. The van der Waals surface area contributed by atoms with Gasteiger partial charge in [-0.25, -0.2) is 4.98 Å². The van der Waals surface area contributed by atoms with E-state index in [1.807, 2.05) is 22.9 Å². The molecule has 1 aliphatic rings. The van der Waals surface area contributed by atoms with Gasteiger partial charge in [0.1, 0.15) is 0 Å². The maximum atomic E-state index is 11.1. The lowest BCUT2D eigenvalue weighted by Gasteiger charge is -2.37. The highest BCUT2D eigenvalue weighted by Gasteiger charge is 2.25. The Morgan fingerprint density at radius 3 is 2.95 bits per heavy atom. The second-order valence-corrected chi connectivity index (χ2v) is 5.43. The maximum absolute atomic E-state index is 11.1. The van der Waals surface area contributed by atoms with Crippen molar-refractivity contribution in [2.75, 3.05) is 11.4 Å². The maximum Gasteiger partial charge on any atom is 0.305 e. The molecule has 1 atom stereocenters. The molecule has 0 amide bonds. The Balaban J connectivity index is 1.87. The number of aliphatic carboxylic acids is 1. The summed E-state index contributed by atoms with van der Waals surface area (Å²) in [5.41, 5.74) is 2.14. The summed E-state index contributed by atoms with van der Waals surface area (Å²) in [5.74, 6) is -0.724. The summed E-state index contributed by atoms with van der Waals surface area (Å²) in [6, 6.07) is 8.29. The molecular formula is C16H19N3O2. The van der Waals surface area contributed by atoms with Crippen molar-refractivity contribution >= 4 is 11.7 Å². The number of rotatable bonds is 4. The number of benzene rings is 1. The lowest BCUT2D eigenvalue weighted by Crippen LogP contribution is -2.40. The Morgan fingerprint density at radius 2 is 2.19 bits per heavy atom. The summed E-state index contributed by atoms with van der Waals surface area (Å²) in [4.78, 5) is 17.4. The Morgan fingerprint density at radius 1 is 1.33 bits per heavy atom. The topological polar surface area (TPSA) is 58.4 Å². The first-order valence-electron chi connectivity index (χ1n) is 7.31. The van der Waals surface area contributed by atoms with Gasteiger partial charge in [0.15, 0.2) is 0 Å². The SMILES string of the molecule is O=C(O)CC1CCCCN1c1cccc(-n2ccnc2)c1. The van der Waals surface area contributed by atoms with Crippen molar-refractivity contribution in [1.29, 1.82) is 0 Å². The van der Waals surface area contributed by atoms with Crippen molar-refractivity contribution in [1.82, 2.24) is 9.55 Å². The molecule has 0 bridgehead atoms. The summed E-state index contributed by atoms with van der Waals surface area (Å²) in [5, 5.41) is 9.10. The molecule has 110 valence electrons. The van der Waals surface area contributed by atoms with Crippen LogP contribution in [0.3, 0.4) is 0 Å². The first-order chi connectivity index (χ1) is 10.2. The Hall–Kier alpha value is -2.30. The van der Waals surface area contributed by atoms with Crippen LogP contribution >= 0.6 is 0 Å². The number of hydrogen-bond donors (Lipinski definition) is 1. The third-order valence-electron chi connectivity index (χ3n) is 4.00. The Kier molecular flexibility index (Phi) is 3.90. The number of piperidine rings is 1. The van der Waals surface area contributed by atoms with Gasteiger partial charge in [-0.3, -0.25) is 4.79 Å². The van der Waals surface area contributed by atoms with E-state index in [0.717, 1.165) is 37.2 Å². The number of carbonyl (C=O) groups is 1. The molecule has 1 aliphatic heterocycles. The van der Waals surface area contributed by atoms with Gasteiger partial charge in [-0.2, -0.15) is 0 Å². The molecular weight excluding hydrogens is 266 g/mol. The molecule has 1 fully saturated rings. The largest absolute Gasteiger partial charge is 0.481 e. The van der Waals surface area contributed by atoms with Gasteiger partial charge in [0.25, 0.3) is 0 Å². The zero-order valence-electron chi connectivity index (χ0n) is 11.9. The zero-order valence-corrected chi connectivity index (χ0v) is 11.9. The number of anilines is 1. The normalized spacial score (nSPS) is 18.7. The Labute approximate surface area is 123 Å². The van der Waals surface area contributed by atoms with Crippen molar-refractivity contribution in [3.63, 3.8) is 0 Å². The van der Waals surface area contributed by atoms with Gasteiger partial charge in [0.2, 0.25) is 0 Å². The summed E-state index contributed by atoms with van der Waals surface area (Å²) in [6.07, 6.45) is 8.80. The predicted octanol–water partition coefficient (Wildman–Crippen LogP) is 2.71. The van der Waals surface area contributed by atoms with E-state index < -0.39 is 5.97 Å². The highest BCUT2D eigenvalue weighted by atomic mass is 16.4. The van der Waals surface area contributed by atoms with Crippen LogP contribution in [0.25, 0.3) is 5.69 Å². The van der Waals surface area contributed by atoms with Crippen molar-refractivity contribution in [2.24, 2.45) is 0 Å². The van der Waals surface area contributed by atoms with E-state index in [9.17, 15) is 4.79 Å². The number of imidazole rings is 1. The van der Waals surface area contributed by atoms with Crippen molar-refractivity contribution in [3.8, 4) is 5.69 Å². The van der Waals surface area contributed by atoms with E-state index in [0.29, 0.717) is 0 Å². The quantitative estimate of drug-likeness (QED) is 0.938. The molecule has 2 aromatic rings. The van der Waals surface area contributed by atoms with Crippen molar-refractivity contribution < 1.29 is 9.90 Å². The highest BCUT2D eigenvalue weighted by molar-refractivity contribution is 5.69. The van der Waals surface area contributed by atoms with Gasteiger partial charge in [-0.05, 0) is 37.5 Å². The first-order valence-corrected chi connectivity index (χ1v) is 7.31. The van der Waals surface area contributed by atoms with E-state index in [2.05, 4.69) is 22.0 Å². The fourth-order valence-corrected chi connectivity index (χ4v) is 3.00. The van der Waals surface area contributed by atoms with Gasteiger partial charge >= 0.3 is 5.97 Å². The molecule has 1 aromatic carbocycles. The summed E-state index contributed by atoms with van der Waals surface area (Å²) < 4.78 is 1.96. The van der Waals surface area contributed by atoms with Gasteiger partial charge in [-0.15, -0.1) is 0 Å². The number of aromatic nitrogens is 2. The highest BCUT2D eigenvalue weighted by Crippen LogP contribution is 2.28. The Bertz CT molecular complexity index is 610. The van der Waals surface area contributed by atoms with Crippen LogP contribution in [0.5, 0.6) is 0 Å². The lowest BCUT2D eigenvalue weighted by atomic mass is 9.98. The minimum atomic E-state index is -0.724. The van der Waals surface area contributed by atoms with Crippen molar-refractivity contribution in [2.45, 2.75) is 31.7 Å². The van der Waals surface area contributed by atoms with Crippen LogP contribution in [0.4, 0.5) is 5.69 Å². The van der Waals surface area contributed by atoms with Crippen LogP contribution in [-0.2, 0) is 4.79 Å². The molecule has 1 unspecified atom stereocenters. The number of hydrogen-bond acceptors (Lipinski definition) is 3. The zero-order chi connectivity index (χ0) is 14.7. The first kappa shape index (κ1) is 13.7. The van der Waals surface area contributed by atoms with Crippen LogP contribution in [0, 0.1) is 0 Å². The molecule has 1 aromatic heterocycles. The smallest absolute Gasteiger partial charge is 0.305 e. The monoisotopic (exact) mass is 285 g/mol. The van der Waals surface area contributed by atoms with Gasteiger partial charge < -0.3 is 14.6 Å². The molecule has 5 heteroatoms. The van der Waals surface area contributed by atoms with Crippen LogP contribution in [0.2, 0.25) is 0 Å². The van der Waals surface area contributed by atoms with Crippen molar-refractivity contribution in [3.05, 3.63) is 43.0 Å². The molecule has 0 spiro atoms. The number of nitrogens with zero attached hydrogens (tertiary/aromatic N) is 3. The van der Waals surface area contributed by atoms with E-state index in [1.165, 1.54) is 0 Å². The number of carboxylic acid groups (broad SMARTS) is 1. The second-order valence-electron chi connectivity index (χ2n) is 5.43. The molecule has 1 N–H and O–H groups in total. The standard InChI is InChI=1S/C16H19N3O2/c20-16(21)11-15-4-1-2-8-19(15)14-6-3-5-13(10-14)18-9-7-17-12-18/h3,5-7,9-10,12,15H,1-2,4,8,11H2,(H,20,21). The number of carboxylic acids is 1. The van der Waals surface area contributed by atoms with E-state index in [4.69, 9.17) is 5.11 Å². The molecule has 1 saturated heterocycles. The van der Waals surface area contributed by atoms with Crippen LogP contribution < -0.4 is 4.90 Å². The molecule has 2 heterocycles. The lowest BCUT2D eigenvalue weighted by molar-refractivity contribution is -0.137. The molecule has 21 heavy (non-hydrogen) atoms. The van der Waals surface area contributed by atoms with Gasteiger partial charge in [-0.1, -0.05) is 6.07 Å². The van der Waals surface area contributed by atoms with Gasteiger partial charge in [0, 0.05) is 36.4 Å². The molecule has 3 rings (SSSR count). The fourth-order valence-electron chi connectivity index (χ4n) is 3.00. The van der Waals surface area contributed by atoms with E-state index >= 15 is 0 Å². The minimum Gasteiger partial charge on any atom is -0.481 e. The average molecular weight is 285 g/mol. The predicted molar refractivity (Wildman–Crippen MR) is 80.8 cm³/mol. The van der Waals surface area contributed by atoms with Crippen LogP contribution in [0.15, 0.2) is 43.0 Å².